The number of rotatable bonds is 3. The Morgan fingerprint density at radius 3 is 2.89 bits per heavy atom. The zero-order valence-corrected chi connectivity index (χ0v) is 10.4. The molecule has 3 rings (SSSR count). The van der Waals surface area contributed by atoms with Gasteiger partial charge in [0.1, 0.15) is 5.72 Å². The van der Waals surface area contributed by atoms with Gasteiger partial charge < -0.3 is 10.4 Å². The molecule has 1 aromatic carbocycles. The number of hydrogen-bond donors (Lipinski definition) is 2. The summed E-state index contributed by atoms with van der Waals surface area (Å²) >= 11 is 0. The summed E-state index contributed by atoms with van der Waals surface area (Å²) in [5, 5.41) is 13.1. The van der Waals surface area contributed by atoms with E-state index in [0.717, 1.165) is 25.7 Å². The lowest BCUT2D eigenvalue weighted by Gasteiger charge is -2.23. The normalized spacial score (nSPS) is 34.4. The molecular weight excluding hydrogens is 226 g/mol. The summed E-state index contributed by atoms with van der Waals surface area (Å²) in [4.78, 5) is 11.9. The van der Waals surface area contributed by atoms with E-state index < -0.39 is 5.72 Å². The second-order valence-corrected chi connectivity index (χ2v) is 5.54. The minimum atomic E-state index is -0.904. The molecule has 3 atom stereocenters. The highest BCUT2D eigenvalue weighted by Gasteiger charge is 2.54. The molecule has 1 saturated carbocycles. The van der Waals surface area contributed by atoms with Crippen LogP contribution in [0.1, 0.15) is 31.2 Å². The summed E-state index contributed by atoms with van der Waals surface area (Å²) < 4.78 is 0. The van der Waals surface area contributed by atoms with Crippen LogP contribution in [-0.4, -0.2) is 16.7 Å². The van der Waals surface area contributed by atoms with Crippen LogP contribution in [0.3, 0.4) is 0 Å². The van der Waals surface area contributed by atoms with Crippen LogP contribution in [0.25, 0.3) is 0 Å². The summed E-state index contributed by atoms with van der Waals surface area (Å²) in [6, 6.07) is 10.2. The highest BCUT2D eigenvalue weighted by molar-refractivity contribution is 5.82. The molecule has 1 aromatic rings. The number of benzene rings is 1. The van der Waals surface area contributed by atoms with E-state index in [0.29, 0.717) is 6.42 Å². The average molecular weight is 245 g/mol. The number of nitrogens with one attached hydrogen (secondary N) is 1. The Morgan fingerprint density at radius 2 is 2.11 bits per heavy atom. The van der Waals surface area contributed by atoms with Gasteiger partial charge in [-0.15, -0.1) is 0 Å². The van der Waals surface area contributed by atoms with Gasteiger partial charge in [-0.25, -0.2) is 0 Å². The summed E-state index contributed by atoms with van der Waals surface area (Å²) in [5.41, 5.74) is 0.358. The summed E-state index contributed by atoms with van der Waals surface area (Å²) in [5.74, 6) is 0.143. The summed E-state index contributed by atoms with van der Waals surface area (Å²) in [6.07, 6.45) is 4.44. The maximum atomic E-state index is 11.9. The van der Waals surface area contributed by atoms with Crippen molar-refractivity contribution in [1.82, 2.24) is 5.32 Å². The Balaban J connectivity index is 1.68. The van der Waals surface area contributed by atoms with Crippen molar-refractivity contribution in [1.29, 1.82) is 0 Å². The minimum absolute atomic E-state index is 0.0160. The average Bonchev–Trinajstić information content (AvgIpc) is 2.82. The fourth-order valence-electron chi connectivity index (χ4n) is 3.49. The lowest BCUT2D eigenvalue weighted by atomic mass is 9.86. The molecule has 1 saturated heterocycles. The first-order chi connectivity index (χ1) is 8.69. The molecule has 1 aliphatic heterocycles. The lowest BCUT2D eigenvalue weighted by Crippen LogP contribution is -2.42. The van der Waals surface area contributed by atoms with Gasteiger partial charge in [0.25, 0.3) is 0 Å². The topological polar surface area (TPSA) is 49.3 Å². The molecule has 18 heavy (non-hydrogen) atoms. The standard InChI is InChI=1S/C15H19NO2/c17-14-12(9-8-11-5-2-1-3-6-11)13-7-4-10-15(13,18)16-14/h1-3,5-6,12-13,18H,4,7-10H2,(H,16,17)/t12-,13-,15+/m0/s1. The number of fused-ring (bicyclic) bond motifs is 1. The monoisotopic (exact) mass is 245 g/mol. The van der Waals surface area contributed by atoms with Crippen molar-refractivity contribution in [3.63, 3.8) is 0 Å². The second-order valence-electron chi connectivity index (χ2n) is 5.54. The van der Waals surface area contributed by atoms with E-state index in [1.165, 1.54) is 5.56 Å². The molecule has 3 heteroatoms. The van der Waals surface area contributed by atoms with Crippen molar-refractivity contribution in [3.8, 4) is 0 Å². The molecule has 1 amide bonds. The van der Waals surface area contributed by atoms with Gasteiger partial charge in [-0.3, -0.25) is 4.79 Å². The van der Waals surface area contributed by atoms with Gasteiger partial charge >= 0.3 is 0 Å². The Labute approximate surface area is 107 Å². The molecule has 0 aromatic heterocycles. The molecule has 2 fully saturated rings. The zero-order valence-electron chi connectivity index (χ0n) is 10.4. The first-order valence-corrected chi connectivity index (χ1v) is 6.77. The lowest BCUT2D eigenvalue weighted by molar-refractivity contribution is -0.124. The number of amides is 1. The highest BCUT2D eigenvalue weighted by atomic mass is 16.3. The largest absolute Gasteiger partial charge is 0.371 e. The third kappa shape index (κ3) is 1.93. The van der Waals surface area contributed by atoms with Crippen LogP contribution in [-0.2, 0) is 11.2 Å². The van der Waals surface area contributed by atoms with Crippen molar-refractivity contribution in [2.75, 3.05) is 0 Å². The zero-order chi connectivity index (χ0) is 12.6. The van der Waals surface area contributed by atoms with Crippen molar-refractivity contribution < 1.29 is 9.90 Å². The molecule has 0 radical (unpaired) electrons. The van der Waals surface area contributed by atoms with Gasteiger partial charge in [-0.2, -0.15) is 0 Å². The number of carbonyl (C=O) groups excluding carboxylic acids is 1. The molecule has 0 bridgehead atoms. The fraction of sp³-hybridized carbons (Fsp3) is 0.533. The number of aliphatic hydroxyl groups is 1. The third-order valence-electron chi connectivity index (χ3n) is 4.44. The van der Waals surface area contributed by atoms with Crippen molar-refractivity contribution in [2.24, 2.45) is 11.8 Å². The van der Waals surface area contributed by atoms with Crippen molar-refractivity contribution in [2.45, 2.75) is 37.8 Å². The van der Waals surface area contributed by atoms with E-state index in [9.17, 15) is 9.90 Å². The number of carbonyl (C=O) groups is 1. The minimum Gasteiger partial charge on any atom is -0.371 e. The molecule has 2 aliphatic rings. The van der Waals surface area contributed by atoms with Gasteiger partial charge in [0, 0.05) is 11.8 Å². The first kappa shape index (κ1) is 11.7. The van der Waals surface area contributed by atoms with Gasteiger partial charge in [-0.1, -0.05) is 30.3 Å². The van der Waals surface area contributed by atoms with E-state index in [1.54, 1.807) is 0 Å². The van der Waals surface area contributed by atoms with E-state index in [-0.39, 0.29) is 17.7 Å². The van der Waals surface area contributed by atoms with Crippen LogP contribution < -0.4 is 5.32 Å². The molecule has 1 aliphatic carbocycles. The SMILES string of the molecule is O=C1N[C@@]2(O)CCC[C@H]2[C@@H]1CCc1ccccc1. The molecule has 96 valence electrons. The Kier molecular flexibility index (Phi) is 2.86. The Bertz CT molecular complexity index is 445. The second kappa shape index (κ2) is 4.39. The third-order valence-corrected chi connectivity index (χ3v) is 4.44. The number of hydrogen-bond acceptors (Lipinski definition) is 2. The summed E-state index contributed by atoms with van der Waals surface area (Å²) in [7, 11) is 0. The van der Waals surface area contributed by atoms with E-state index >= 15 is 0 Å². The maximum Gasteiger partial charge on any atom is 0.225 e. The Hall–Kier alpha value is -1.35. The fourth-order valence-corrected chi connectivity index (χ4v) is 3.49. The molecule has 1 heterocycles. The van der Waals surface area contributed by atoms with Crippen molar-refractivity contribution >= 4 is 5.91 Å². The Morgan fingerprint density at radius 1 is 1.33 bits per heavy atom. The van der Waals surface area contributed by atoms with Gasteiger partial charge in [0.2, 0.25) is 5.91 Å². The molecule has 3 nitrogen and oxygen atoms in total. The van der Waals surface area contributed by atoms with Crippen LogP contribution in [0.5, 0.6) is 0 Å². The van der Waals surface area contributed by atoms with E-state index in [4.69, 9.17) is 0 Å². The van der Waals surface area contributed by atoms with Crippen LogP contribution in [0, 0.1) is 11.8 Å². The smallest absolute Gasteiger partial charge is 0.225 e. The molecular formula is C15H19NO2. The van der Waals surface area contributed by atoms with E-state index in [1.807, 2.05) is 18.2 Å². The van der Waals surface area contributed by atoms with E-state index in [2.05, 4.69) is 17.4 Å². The predicted octanol–water partition coefficient (Wildman–Crippen LogP) is 1.85. The van der Waals surface area contributed by atoms with Crippen LogP contribution in [0.15, 0.2) is 30.3 Å². The number of aryl methyl sites for hydroxylation is 1. The quantitative estimate of drug-likeness (QED) is 0.854. The van der Waals surface area contributed by atoms with Crippen LogP contribution in [0.4, 0.5) is 0 Å². The van der Waals surface area contributed by atoms with Gasteiger partial charge in [0.05, 0.1) is 0 Å². The van der Waals surface area contributed by atoms with Crippen LogP contribution >= 0.6 is 0 Å². The molecule has 0 unspecified atom stereocenters. The maximum absolute atomic E-state index is 11.9. The molecule has 2 N–H and O–H groups in total. The molecule has 0 spiro atoms. The van der Waals surface area contributed by atoms with Crippen molar-refractivity contribution in [3.05, 3.63) is 35.9 Å². The van der Waals surface area contributed by atoms with Crippen LogP contribution in [0.2, 0.25) is 0 Å². The predicted molar refractivity (Wildman–Crippen MR) is 68.7 cm³/mol. The highest BCUT2D eigenvalue weighted by Crippen LogP contribution is 2.44. The first-order valence-electron chi connectivity index (χ1n) is 6.77. The van der Waals surface area contributed by atoms with Gasteiger partial charge in [-0.05, 0) is 37.7 Å². The summed E-state index contributed by atoms with van der Waals surface area (Å²) in [6.45, 7) is 0. The van der Waals surface area contributed by atoms with Gasteiger partial charge in [0.15, 0.2) is 0 Å².